The maximum absolute atomic E-state index is 12.7. The summed E-state index contributed by atoms with van der Waals surface area (Å²) in [6.45, 7) is 0. The summed E-state index contributed by atoms with van der Waals surface area (Å²) >= 11 is 0. The molecule has 2 nitrogen and oxygen atoms in total. The smallest absolute Gasteiger partial charge is 0.333 e. The second kappa shape index (κ2) is 5.20. The van der Waals surface area contributed by atoms with E-state index in [9.17, 15) is 18.0 Å². The van der Waals surface area contributed by atoms with E-state index in [0.717, 1.165) is 31.4 Å². The molecule has 2 atom stereocenters. The fraction of sp³-hybridized carbons (Fsp3) is 0.438. The largest absolute Gasteiger partial charge is 0.416 e. The lowest BCUT2D eigenvalue weighted by atomic mass is 10.0. The zero-order valence-corrected chi connectivity index (χ0v) is 11.4. The van der Waals surface area contributed by atoms with Crippen LogP contribution in [0.3, 0.4) is 0 Å². The molecule has 1 aromatic carbocycles. The summed E-state index contributed by atoms with van der Waals surface area (Å²) in [4.78, 5) is 14.2. The third kappa shape index (κ3) is 2.82. The Morgan fingerprint density at radius 1 is 1.29 bits per heavy atom. The molecule has 21 heavy (non-hydrogen) atoms. The maximum atomic E-state index is 12.7. The number of carbonyl (C=O) groups is 1. The van der Waals surface area contributed by atoms with E-state index >= 15 is 0 Å². The summed E-state index contributed by atoms with van der Waals surface area (Å²) in [5, 5.41) is 0. The highest BCUT2D eigenvalue weighted by Crippen LogP contribution is 2.33. The Hall–Kier alpha value is -1.78. The standard InChI is InChI=1S/C16H16F3NO/c17-16(18,19)12-4-1-3-11(9-12)10-15(21)20-13-5-2-6-14(20)8-7-13/h1-5,9,13-14H,6-8,10H2. The van der Waals surface area contributed by atoms with Crippen LogP contribution < -0.4 is 0 Å². The van der Waals surface area contributed by atoms with Crippen LogP contribution in [0.2, 0.25) is 0 Å². The minimum Gasteiger partial charge on any atom is -0.333 e. The van der Waals surface area contributed by atoms with Crippen molar-refractivity contribution < 1.29 is 18.0 Å². The van der Waals surface area contributed by atoms with Gasteiger partial charge in [0.2, 0.25) is 5.91 Å². The van der Waals surface area contributed by atoms with Crippen LogP contribution >= 0.6 is 0 Å². The fourth-order valence-corrected chi connectivity index (χ4v) is 3.24. The van der Waals surface area contributed by atoms with Crippen molar-refractivity contribution >= 4 is 5.91 Å². The van der Waals surface area contributed by atoms with E-state index in [1.165, 1.54) is 6.07 Å². The van der Waals surface area contributed by atoms with Gasteiger partial charge in [-0.25, -0.2) is 0 Å². The van der Waals surface area contributed by atoms with Crippen LogP contribution in [-0.4, -0.2) is 22.9 Å². The van der Waals surface area contributed by atoms with Gasteiger partial charge in [-0.1, -0.05) is 30.4 Å². The van der Waals surface area contributed by atoms with E-state index in [-0.39, 0.29) is 24.4 Å². The van der Waals surface area contributed by atoms with Gasteiger partial charge in [0.25, 0.3) is 0 Å². The van der Waals surface area contributed by atoms with Crippen LogP contribution in [-0.2, 0) is 17.4 Å². The van der Waals surface area contributed by atoms with Crippen molar-refractivity contribution in [1.82, 2.24) is 4.90 Å². The number of benzene rings is 1. The molecule has 2 bridgehead atoms. The first-order valence-electron chi connectivity index (χ1n) is 7.09. The van der Waals surface area contributed by atoms with Crippen LogP contribution in [0.15, 0.2) is 36.4 Å². The molecule has 0 N–H and O–H groups in total. The number of alkyl halides is 3. The van der Waals surface area contributed by atoms with Gasteiger partial charge in [-0.3, -0.25) is 4.79 Å². The first kappa shape index (κ1) is 14.2. The van der Waals surface area contributed by atoms with Crippen LogP contribution in [0.25, 0.3) is 0 Å². The SMILES string of the molecule is O=C(Cc1cccc(C(F)(F)F)c1)N1C2C=CCC1CC2. The quantitative estimate of drug-likeness (QED) is 0.764. The Balaban J connectivity index is 1.75. The van der Waals surface area contributed by atoms with Crippen molar-refractivity contribution in [2.45, 2.75) is 43.9 Å². The van der Waals surface area contributed by atoms with E-state index in [1.807, 2.05) is 11.0 Å². The van der Waals surface area contributed by atoms with E-state index < -0.39 is 11.7 Å². The van der Waals surface area contributed by atoms with Gasteiger partial charge >= 0.3 is 6.18 Å². The predicted molar refractivity (Wildman–Crippen MR) is 72.6 cm³/mol. The number of halogens is 3. The molecule has 1 aromatic rings. The summed E-state index contributed by atoms with van der Waals surface area (Å²) in [6.07, 6.45) is 2.58. The number of hydrogen-bond acceptors (Lipinski definition) is 1. The second-order valence-corrected chi connectivity index (χ2v) is 5.64. The first-order valence-corrected chi connectivity index (χ1v) is 7.09. The molecule has 0 radical (unpaired) electrons. The zero-order chi connectivity index (χ0) is 15.0. The number of rotatable bonds is 2. The monoisotopic (exact) mass is 295 g/mol. The Labute approximate surface area is 121 Å². The fourth-order valence-electron chi connectivity index (χ4n) is 3.24. The molecule has 0 aliphatic carbocycles. The van der Waals surface area contributed by atoms with Gasteiger partial charge in [0.1, 0.15) is 0 Å². The summed E-state index contributed by atoms with van der Waals surface area (Å²) < 4.78 is 38.1. The zero-order valence-electron chi connectivity index (χ0n) is 11.4. The average molecular weight is 295 g/mol. The summed E-state index contributed by atoms with van der Waals surface area (Å²) in [5.41, 5.74) is -0.280. The molecule has 2 unspecified atom stereocenters. The van der Waals surface area contributed by atoms with Crippen LogP contribution in [0.1, 0.15) is 30.4 Å². The molecular formula is C16H16F3NO. The second-order valence-electron chi connectivity index (χ2n) is 5.64. The Kier molecular flexibility index (Phi) is 3.51. The highest BCUT2D eigenvalue weighted by molar-refractivity contribution is 5.80. The number of hydrogen-bond donors (Lipinski definition) is 0. The van der Waals surface area contributed by atoms with Crippen molar-refractivity contribution in [2.75, 3.05) is 0 Å². The topological polar surface area (TPSA) is 20.3 Å². The highest BCUT2D eigenvalue weighted by Gasteiger charge is 2.37. The van der Waals surface area contributed by atoms with Gasteiger partial charge in [0.05, 0.1) is 18.0 Å². The van der Waals surface area contributed by atoms with E-state index in [1.54, 1.807) is 6.07 Å². The lowest BCUT2D eigenvalue weighted by molar-refractivity contribution is -0.138. The van der Waals surface area contributed by atoms with E-state index in [4.69, 9.17) is 0 Å². The Bertz CT molecular complexity index is 579. The molecule has 0 spiro atoms. The molecule has 0 aromatic heterocycles. The van der Waals surface area contributed by atoms with Crippen LogP contribution in [0.5, 0.6) is 0 Å². The minimum absolute atomic E-state index is 0.0325. The van der Waals surface area contributed by atoms with Gasteiger partial charge in [-0.05, 0) is 30.9 Å². The maximum Gasteiger partial charge on any atom is 0.416 e. The normalized spacial score (nSPS) is 24.4. The Morgan fingerprint density at radius 2 is 2.10 bits per heavy atom. The molecule has 0 saturated carbocycles. The van der Waals surface area contributed by atoms with Gasteiger partial charge in [0, 0.05) is 6.04 Å². The minimum atomic E-state index is -4.37. The first-order chi connectivity index (χ1) is 9.95. The molecule has 1 saturated heterocycles. The average Bonchev–Trinajstić information content (AvgIpc) is 2.68. The Morgan fingerprint density at radius 3 is 2.81 bits per heavy atom. The van der Waals surface area contributed by atoms with Crippen molar-refractivity contribution in [2.24, 2.45) is 0 Å². The van der Waals surface area contributed by atoms with Crippen molar-refractivity contribution in [3.05, 3.63) is 47.5 Å². The predicted octanol–water partition coefficient (Wildman–Crippen LogP) is 3.57. The molecular weight excluding hydrogens is 279 g/mol. The molecule has 2 aliphatic rings. The van der Waals surface area contributed by atoms with E-state index in [2.05, 4.69) is 6.08 Å². The number of carbonyl (C=O) groups excluding carboxylic acids is 1. The molecule has 1 amide bonds. The molecule has 1 fully saturated rings. The van der Waals surface area contributed by atoms with Crippen molar-refractivity contribution in [1.29, 1.82) is 0 Å². The molecule has 3 rings (SSSR count). The van der Waals surface area contributed by atoms with E-state index in [0.29, 0.717) is 5.56 Å². The highest BCUT2D eigenvalue weighted by atomic mass is 19.4. The van der Waals surface area contributed by atoms with Gasteiger partial charge in [-0.15, -0.1) is 0 Å². The third-order valence-corrected chi connectivity index (χ3v) is 4.21. The van der Waals surface area contributed by atoms with Crippen LogP contribution in [0, 0.1) is 0 Å². The summed E-state index contributed by atoms with van der Waals surface area (Å²) in [7, 11) is 0. The molecule has 112 valence electrons. The molecule has 5 heteroatoms. The lowest BCUT2D eigenvalue weighted by Crippen LogP contribution is -2.42. The number of nitrogens with zero attached hydrogens (tertiary/aromatic N) is 1. The summed E-state index contributed by atoms with van der Waals surface area (Å²) in [6, 6.07) is 5.38. The number of fused-ring (bicyclic) bond motifs is 2. The lowest BCUT2D eigenvalue weighted by Gasteiger charge is -2.31. The third-order valence-electron chi connectivity index (χ3n) is 4.21. The van der Waals surface area contributed by atoms with Gasteiger partial charge in [0.15, 0.2) is 0 Å². The van der Waals surface area contributed by atoms with Crippen molar-refractivity contribution in [3.63, 3.8) is 0 Å². The summed E-state index contributed by atoms with van der Waals surface area (Å²) in [5.74, 6) is -0.0776. The van der Waals surface area contributed by atoms with Crippen LogP contribution in [0.4, 0.5) is 13.2 Å². The number of amides is 1. The molecule has 2 heterocycles. The van der Waals surface area contributed by atoms with Gasteiger partial charge < -0.3 is 4.90 Å². The van der Waals surface area contributed by atoms with Gasteiger partial charge in [-0.2, -0.15) is 13.2 Å². The van der Waals surface area contributed by atoms with Crippen molar-refractivity contribution in [3.8, 4) is 0 Å². The molecule has 2 aliphatic heterocycles.